The van der Waals surface area contributed by atoms with Crippen LogP contribution in [0.5, 0.6) is 11.5 Å². The van der Waals surface area contributed by atoms with Gasteiger partial charge in [-0.15, -0.1) is 24.8 Å². The monoisotopic (exact) mass is 413 g/mol. The number of hydrogen-bond donors (Lipinski definition) is 2. The van der Waals surface area contributed by atoms with E-state index in [1.165, 1.54) is 6.07 Å². The van der Waals surface area contributed by atoms with Gasteiger partial charge in [-0.2, -0.15) is 0 Å². The van der Waals surface area contributed by atoms with E-state index in [1.54, 1.807) is 12.1 Å². The molecule has 0 saturated carbocycles. The molecular formula is C15H25Cl2N3O4S. The molecule has 0 unspecified atom stereocenters. The first-order valence-corrected chi connectivity index (χ1v) is 9.46. The highest BCUT2D eigenvalue weighted by atomic mass is 35.5. The molecule has 7 nitrogen and oxygen atoms in total. The molecule has 25 heavy (non-hydrogen) atoms. The van der Waals surface area contributed by atoms with E-state index < -0.39 is 10.0 Å². The van der Waals surface area contributed by atoms with Crippen molar-refractivity contribution >= 4 is 34.8 Å². The Morgan fingerprint density at radius 1 is 1.08 bits per heavy atom. The van der Waals surface area contributed by atoms with Gasteiger partial charge >= 0.3 is 0 Å². The molecule has 0 radical (unpaired) electrons. The molecule has 0 spiro atoms. The third kappa shape index (κ3) is 6.16. The third-order valence-electron chi connectivity index (χ3n) is 3.98. The number of rotatable bonds is 6. The summed E-state index contributed by atoms with van der Waals surface area (Å²) in [6, 6.07) is 4.71. The molecule has 2 aliphatic heterocycles. The SMILES string of the molecule is Cl.Cl.O=S(=O)(NCCCN1CCNCC1)c1ccc2c(c1)OCCO2. The maximum absolute atomic E-state index is 12.3. The van der Waals surface area contributed by atoms with Crippen molar-refractivity contribution in [3.63, 3.8) is 0 Å². The van der Waals surface area contributed by atoms with E-state index in [0.717, 1.165) is 39.1 Å². The van der Waals surface area contributed by atoms with Crippen LogP contribution in [0.4, 0.5) is 0 Å². The quantitative estimate of drug-likeness (QED) is 0.673. The van der Waals surface area contributed by atoms with Crippen LogP contribution in [0.2, 0.25) is 0 Å². The van der Waals surface area contributed by atoms with Gasteiger partial charge in [-0.3, -0.25) is 0 Å². The Balaban J connectivity index is 0.00000156. The van der Waals surface area contributed by atoms with Crippen molar-refractivity contribution in [2.24, 2.45) is 0 Å². The summed E-state index contributed by atoms with van der Waals surface area (Å²) >= 11 is 0. The molecule has 1 saturated heterocycles. The highest BCUT2D eigenvalue weighted by Crippen LogP contribution is 2.32. The zero-order valence-electron chi connectivity index (χ0n) is 13.9. The predicted molar refractivity (Wildman–Crippen MR) is 101 cm³/mol. The smallest absolute Gasteiger partial charge is 0.240 e. The van der Waals surface area contributed by atoms with Gasteiger partial charge in [0.2, 0.25) is 10.0 Å². The second kappa shape index (κ2) is 10.4. The maximum atomic E-state index is 12.3. The Hall–Kier alpha value is -0.770. The molecule has 0 aliphatic carbocycles. The summed E-state index contributed by atoms with van der Waals surface area (Å²) in [5.74, 6) is 1.08. The van der Waals surface area contributed by atoms with Gasteiger partial charge in [0.25, 0.3) is 0 Å². The van der Waals surface area contributed by atoms with E-state index in [2.05, 4.69) is 14.9 Å². The van der Waals surface area contributed by atoms with Crippen molar-refractivity contribution in [2.45, 2.75) is 11.3 Å². The number of fused-ring (bicyclic) bond motifs is 1. The van der Waals surface area contributed by atoms with E-state index in [-0.39, 0.29) is 29.7 Å². The highest BCUT2D eigenvalue weighted by Gasteiger charge is 2.19. The number of ether oxygens (including phenoxy) is 2. The Morgan fingerprint density at radius 3 is 2.48 bits per heavy atom. The van der Waals surface area contributed by atoms with E-state index >= 15 is 0 Å². The molecule has 10 heteroatoms. The predicted octanol–water partition coefficient (Wildman–Crippen LogP) is 0.875. The lowest BCUT2D eigenvalue weighted by molar-refractivity contribution is 0.171. The summed E-state index contributed by atoms with van der Waals surface area (Å²) < 4.78 is 38.2. The fourth-order valence-electron chi connectivity index (χ4n) is 2.72. The summed E-state index contributed by atoms with van der Waals surface area (Å²) in [7, 11) is -3.51. The molecule has 0 amide bonds. The number of nitrogens with one attached hydrogen (secondary N) is 2. The molecule has 0 aromatic heterocycles. The van der Waals surface area contributed by atoms with Gasteiger partial charge in [-0.1, -0.05) is 0 Å². The van der Waals surface area contributed by atoms with Crippen LogP contribution in [-0.4, -0.2) is 65.8 Å². The van der Waals surface area contributed by atoms with Crippen molar-refractivity contribution < 1.29 is 17.9 Å². The Labute approximate surface area is 161 Å². The fraction of sp³-hybridized carbons (Fsp3) is 0.600. The van der Waals surface area contributed by atoms with Crippen LogP contribution < -0.4 is 19.5 Å². The number of sulfonamides is 1. The summed E-state index contributed by atoms with van der Waals surface area (Å²) in [6.45, 7) is 6.32. The van der Waals surface area contributed by atoms with Crippen LogP contribution in [0.15, 0.2) is 23.1 Å². The number of halogens is 2. The van der Waals surface area contributed by atoms with Gasteiger partial charge in [0.15, 0.2) is 11.5 Å². The number of piperazine rings is 1. The first kappa shape index (κ1) is 22.3. The first-order valence-electron chi connectivity index (χ1n) is 7.97. The molecular weight excluding hydrogens is 389 g/mol. The molecule has 1 aromatic carbocycles. The van der Waals surface area contributed by atoms with E-state index in [0.29, 0.717) is 31.3 Å². The van der Waals surface area contributed by atoms with Gasteiger partial charge in [0.05, 0.1) is 4.90 Å². The zero-order valence-corrected chi connectivity index (χ0v) is 16.4. The fourth-order valence-corrected chi connectivity index (χ4v) is 3.81. The van der Waals surface area contributed by atoms with Gasteiger partial charge in [-0.05, 0) is 25.1 Å². The molecule has 0 atom stereocenters. The number of hydrogen-bond acceptors (Lipinski definition) is 6. The maximum Gasteiger partial charge on any atom is 0.240 e. The zero-order chi connectivity index (χ0) is 16.1. The van der Waals surface area contributed by atoms with Crippen molar-refractivity contribution in [3.05, 3.63) is 18.2 Å². The third-order valence-corrected chi connectivity index (χ3v) is 5.44. The first-order chi connectivity index (χ1) is 11.1. The molecule has 1 fully saturated rings. The van der Waals surface area contributed by atoms with Crippen LogP contribution in [0.25, 0.3) is 0 Å². The van der Waals surface area contributed by atoms with Crippen LogP contribution in [0, 0.1) is 0 Å². The summed E-state index contributed by atoms with van der Waals surface area (Å²) in [4.78, 5) is 2.55. The van der Waals surface area contributed by atoms with Gasteiger partial charge in [0.1, 0.15) is 13.2 Å². The van der Waals surface area contributed by atoms with Crippen LogP contribution in [-0.2, 0) is 10.0 Å². The van der Waals surface area contributed by atoms with Crippen molar-refractivity contribution in [1.82, 2.24) is 14.9 Å². The van der Waals surface area contributed by atoms with E-state index in [4.69, 9.17) is 9.47 Å². The van der Waals surface area contributed by atoms with E-state index in [1.807, 2.05) is 0 Å². The van der Waals surface area contributed by atoms with Crippen LogP contribution in [0.3, 0.4) is 0 Å². The van der Waals surface area contributed by atoms with Gasteiger partial charge < -0.3 is 19.7 Å². The molecule has 2 aliphatic rings. The largest absolute Gasteiger partial charge is 0.486 e. The average Bonchev–Trinajstić information content (AvgIpc) is 2.59. The lowest BCUT2D eigenvalue weighted by atomic mass is 10.3. The number of nitrogens with zero attached hydrogens (tertiary/aromatic N) is 1. The minimum atomic E-state index is -3.51. The Bertz CT molecular complexity index is 640. The molecule has 3 rings (SSSR count). The highest BCUT2D eigenvalue weighted by molar-refractivity contribution is 7.89. The van der Waals surface area contributed by atoms with E-state index in [9.17, 15) is 8.42 Å². The molecule has 2 N–H and O–H groups in total. The normalized spacial score (nSPS) is 17.3. The minimum Gasteiger partial charge on any atom is -0.486 e. The van der Waals surface area contributed by atoms with Crippen molar-refractivity contribution in [3.8, 4) is 11.5 Å². The topological polar surface area (TPSA) is 79.9 Å². The number of benzene rings is 1. The lowest BCUT2D eigenvalue weighted by Gasteiger charge is -2.27. The van der Waals surface area contributed by atoms with Crippen LogP contribution in [0.1, 0.15) is 6.42 Å². The van der Waals surface area contributed by atoms with Gasteiger partial charge in [0, 0.05) is 38.8 Å². The van der Waals surface area contributed by atoms with Crippen molar-refractivity contribution in [2.75, 3.05) is 52.5 Å². The summed E-state index contributed by atoms with van der Waals surface area (Å²) in [5.41, 5.74) is 0. The Morgan fingerprint density at radius 2 is 1.76 bits per heavy atom. The average molecular weight is 414 g/mol. The van der Waals surface area contributed by atoms with Gasteiger partial charge in [-0.25, -0.2) is 13.1 Å². The van der Waals surface area contributed by atoms with Crippen LogP contribution >= 0.6 is 24.8 Å². The van der Waals surface area contributed by atoms with Crippen molar-refractivity contribution in [1.29, 1.82) is 0 Å². The summed E-state index contributed by atoms with van der Waals surface area (Å²) in [6.07, 6.45) is 0.795. The molecule has 2 heterocycles. The molecule has 1 aromatic rings. The second-order valence-electron chi connectivity index (χ2n) is 5.65. The Kier molecular flexibility index (Phi) is 9.26. The molecule has 144 valence electrons. The second-order valence-corrected chi connectivity index (χ2v) is 7.42. The lowest BCUT2D eigenvalue weighted by Crippen LogP contribution is -2.44. The standard InChI is InChI=1S/C15H23N3O4S.2ClH/c19-23(20,17-4-1-7-18-8-5-16-6-9-18)13-2-3-14-15(12-13)22-11-10-21-14;;/h2-3,12,16-17H,1,4-11H2;2*1H. The minimum absolute atomic E-state index is 0. The summed E-state index contributed by atoms with van der Waals surface area (Å²) in [5, 5.41) is 3.30. The molecule has 0 bridgehead atoms.